The second kappa shape index (κ2) is 7.29. The van der Waals surface area contributed by atoms with Gasteiger partial charge in [0, 0.05) is 30.4 Å². The summed E-state index contributed by atoms with van der Waals surface area (Å²) >= 11 is 0. The summed E-state index contributed by atoms with van der Waals surface area (Å²) in [5.41, 5.74) is 3.14. The molecule has 0 spiro atoms. The number of methoxy groups -OCH3 is 1. The molecule has 1 aliphatic carbocycles. The number of aliphatic imine (C=N–C) groups is 1. The Balaban J connectivity index is 1.98. The molecule has 0 aromatic carbocycles. The largest absolute Gasteiger partial charge is 0.496 e. The van der Waals surface area contributed by atoms with E-state index in [1.54, 1.807) is 14.2 Å². The first-order valence-electron chi connectivity index (χ1n) is 7.62. The van der Waals surface area contributed by atoms with Crippen molar-refractivity contribution in [2.45, 2.75) is 52.1 Å². The van der Waals surface area contributed by atoms with Crippen LogP contribution in [0, 0.1) is 13.8 Å². The van der Waals surface area contributed by atoms with Gasteiger partial charge in [-0.25, -0.2) is 0 Å². The van der Waals surface area contributed by atoms with Gasteiger partial charge in [0.2, 0.25) is 0 Å². The highest BCUT2D eigenvalue weighted by molar-refractivity contribution is 5.80. The highest BCUT2D eigenvalue weighted by Gasteiger charge is 2.16. The molecule has 1 fully saturated rings. The molecule has 5 nitrogen and oxygen atoms in total. The molecule has 0 atom stereocenters. The van der Waals surface area contributed by atoms with Crippen molar-refractivity contribution in [3.05, 3.63) is 23.0 Å². The van der Waals surface area contributed by atoms with Crippen LogP contribution in [0.4, 0.5) is 0 Å². The topological polar surface area (TPSA) is 58.5 Å². The van der Waals surface area contributed by atoms with E-state index in [0.29, 0.717) is 12.6 Å². The normalized spacial score (nSPS) is 16.1. The minimum Gasteiger partial charge on any atom is -0.496 e. The molecule has 0 unspecified atom stereocenters. The average Bonchev–Trinajstić information content (AvgIpc) is 2.98. The highest BCUT2D eigenvalue weighted by Crippen LogP contribution is 2.23. The fraction of sp³-hybridized carbons (Fsp3) is 0.625. The van der Waals surface area contributed by atoms with Crippen molar-refractivity contribution in [1.82, 2.24) is 15.6 Å². The Bertz CT molecular complexity index is 507. The van der Waals surface area contributed by atoms with Gasteiger partial charge in [0.25, 0.3) is 0 Å². The molecule has 2 rings (SSSR count). The summed E-state index contributed by atoms with van der Waals surface area (Å²) in [4.78, 5) is 8.79. The summed E-state index contributed by atoms with van der Waals surface area (Å²) in [6, 6.07) is 0.554. The lowest BCUT2D eigenvalue weighted by Crippen LogP contribution is -2.42. The van der Waals surface area contributed by atoms with Gasteiger partial charge in [-0.3, -0.25) is 9.98 Å². The Labute approximate surface area is 127 Å². The van der Waals surface area contributed by atoms with Crippen LogP contribution >= 0.6 is 0 Å². The van der Waals surface area contributed by atoms with Crippen molar-refractivity contribution < 1.29 is 4.74 Å². The Hall–Kier alpha value is -1.78. The molecular weight excluding hydrogens is 264 g/mol. The number of rotatable bonds is 4. The summed E-state index contributed by atoms with van der Waals surface area (Å²) in [6.07, 6.45) is 6.94. The first-order valence-corrected chi connectivity index (χ1v) is 7.62. The van der Waals surface area contributed by atoms with Gasteiger partial charge in [-0.2, -0.15) is 0 Å². The van der Waals surface area contributed by atoms with Crippen molar-refractivity contribution >= 4 is 5.96 Å². The van der Waals surface area contributed by atoms with Gasteiger partial charge in [0.1, 0.15) is 5.75 Å². The van der Waals surface area contributed by atoms with E-state index < -0.39 is 0 Å². The van der Waals surface area contributed by atoms with Gasteiger partial charge in [-0.15, -0.1) is 0 Å². The van der Waals surface area contributed by atoms with E-state index >= 15 is 0 Å². The third-order valence-electron chi connectivity index (χ3n) is 4.09. The molecule has 116 valence electrons. The molecule has 5 heteroatoms. The molecule has 1 aromatic rings. The average molecular weight is 290 g/mol. The minimum atomic E-state index is 0.554. The number of ether oxygens (including phenoxy) is 1. The maximum absolute atomic E-state index is 5.44. The molecule has 2 N–H and O–H groups in total. The molecule has 21 heavy (non-hydrogen) atoms. The third-order valence-corrected chi connectivity index (χ3v) is 4.09. The summed E-state index contributed by atoms with van der Waals surface area (Å²) in [6.45, 7) is 4.70. The second-order valence-corrected chi connectivity index (χ2v) is 5.60. The van der Waals surface area contributed by atoms with E-state index in [1.807, 2.05) is 20.0 Å². The number of hydrogen-bond donors (Lipinski definition) is 2. The van der Waals surface area contributed by atoms with Gasteiger partial charge in [0.05, 0.1) is 19.3 Å². The van der Waals surface area contributed by atoms with Crippen LogP contribution in [0.5, 0.6) is 5.75 Å². The molecule has 0 radical (unpaired) electrons. The zero-order valence-electron chi connectivity index (χ0n) is 13.5. The van der Waals surface area contributed by atoms with E-state index in [2.05, 4.69) is 20.6 Å². The number of aryl methyl sites for hydroxylation is 1. The monoisotopic (exact) mass is 290 g/mol. The highest BCUT2D eigenvalue weighted by atomic mass is 16.5. The van der Waals surface area contributed by atoms with Crippen LogP contribution in [0.25, 0.3) is 0 Å². The van der Waals surface area contributed by atoms with Crippen molar-refractivity contribution in [2.24, 2.45) is 4.99 Å². The Morgan fingerprint density at radius 2 is 2.10 bits per heavy atom. The zero-order chi connectivity index (χ0) is 15.2. The summed E-state index contributed by atoms with van der Waals surface area (Å²) in [7, 11) is 3.51. The van der Waals surface area contributed by atoms with E-state index in [4.69, 9.17) is 4.74 Å². The molecule has 1 aliphatic rings. The van der Waals surface area contributed by atoms with E-state index in [9.17, 15) is 0 Å². The van der Waals surface area contributed by atoms with Crippen LogP contribution in [0.15, 0.2) is 11.2 Å². The first kappa shape index (κ1) is 15.6. The molecule has 1 heterocycles. The predicted octanol–water partition coefficient (Wildman–Crippen LogP) is 2.31. The van der Waals surface area contributed by atoms with Gasteiger partial charge >= 0.3 is 0 Å². The first-order chi connectivity index (χ1) is 10.2. The number of nitrogens with one attached hydrogen (secondary N) is 2. The summed E-state index contributed by atoms with van der Waals surface area (Å²) < 4.78 is 5.44. The lowest BCUT2D eigenvalue weighted by atomic mass is 10.1. The summed E-state index contributed by atoms with van der Waals surface area (Å²) in [5, 5.41) is 6.82. The van der Waals surface area contributed by atoms with E-state index in [1.165, 1.54) is 25.7 Å². The molecular formula is C16H26N4O. The Kier molecular flexibility index (Phi) is 5.42. The van der Waals surface area contributed by atoms with Crippen molar-refractivity contribution in [3.63, 3.8) is 0 Å². The number of hydrogen-bond acceptors (Lipinski definition) is 3. The van der Waals surface area contributed by atoms with Crippen LogP contribution < -0.4 is 15.4 Å². The van der Waals surface area contributed by atoms with Gasteiger partial charge in [0.15, 0.2) is 5.96 Å². The molecule has 0 bridgehead atoms. The predicted molar refractivity (Wildman–Crippen MR) is 85.9 cm³/mol. The minimum absolute atomic E-state index is 0.554. The summed E-state index contributed by atoms with van der Waals surface area (Å²) in [5.74, 6) is 1.77. The number of pyridine rings is 1. The van der Waals surface area contributed by atoms with E-state index in [-0.39, 0.29) is 0 Å². The smallest absolute Gasteiger partial charge is 0.191 e. The standard InChI is InChI=1S/C16H26N4O/c1-11-9-18-14(12(2)15(11)21-4)10-19-16(17-3)20-13-7-5-6-8-13/h9,13H,5-8,10H2,1-4H3,(H2,17,19,20). The number of nitrogens with zero attached hydrogens (tertiary/aromatic N) is 2. The van der Waals surface area contributed by atoms with Crippen LogP contribution in [0.1, 0.15) is 42.5 Å². The SMILES string of the molecule is CN=C(NCc1ncc(C)c(OC)c1C)NC1CCCC1. The van der Waals surface area contributed by atoms with Crippen LogP contribution in [-0.4, -0.2) is 31.1 Å². The van der Waals surface area contributed by atoms with Crippen molar-refractivity contribution in [2.75, 3.05) is 14.2 Å². The van der Waals surface area contributed by atoms with Crippen molar-refractivity contribution in [1.29, 1.82) is 0 Å². The quantitative estimate of drug-likeness (QED) is 0.660. The molecule has 0 saturated heterocycles. The lowest BCUT2D eigenvalue weighted by molar-refractivity contribution is 0.406. The third kappa shape index (κ3) is 3.86. The fourth-order valence-electron chi connectivity index (χ4n) is 2.87. The number of guanidine groups is 1. The van der Waals surface area contributed by atoms with Gasteiger partial charge in [-0.05, 0) is 26.7 Å². The van der Waals surface area contributed by atoms with E-state index in [0.717, 1.165) is 28.5 Å². The lowest BCUT2D eigenvalue weighted by Gasteiger charge is -2.18. The maximum Gasteiger partial charge on any atom is 0.191 e. The van der Waals surface area contributed by atoms with Crippen molar-refractivity contribution in [3.8, 4) is 5.75 Å². The molecule has 1 aromatic heterocycles. The number of aromatic nitrogens is 1. The second-order valence-electron chi connectivity index (χ2n) is 5.60. The van der Waals surface area contributed by atoms with Crippen LogP contribution in [0.2, 0.25) is 0 Å². The van der Waals surface area contributed by atoms with Gasteiger partial charge < -0.3 is 15.4 Å². The molecule has 1 saturated carbocycles. The maximum atomic E-state index is 5.44. The fourth-order valence-corrected chi connectivity index (χ4v) is 2.87. The Morgan fingerprint density at radius 1 is 1.38 bits per heavy atom. The molecule has 0 aliphatic heterocycles. The molecule has 0 amide bonds. The van der Waals surface area contributed by atoms with Crippen LogP contribution in [-0.2, 0) is 6.54 Å². The van der Waals surface area contributed by atoms with Gasteiger partial charge in [-0.1, -0.05) is 12.8 Å². The van der Waals surface area contributed by atoms with Crippen LogP contribution in [0.3, 0.4) is 0 Å². The zero-order valence-corrected chi connectivity index (χ0v) is 13.5. The Morgan fingerprint density at radius 3 is 2.71 bits per heavy atom.